The van der Waals surface area contributed by atoms with Crippen LogP contribution in [0, 0.1) is 11.8 Å². The summed E-state index contributed by atoms with van der Waals surface area (Å²) in [6, 6.07) is 3.13. The summed E-state index contributed by atoms with van der Waals surface area (Å²) < 4.78 is 1.68. The Bertz CT molecular complexity index is 887. The summed E-state index contributed by atoms with van der Waals surface area (Å²) >= 11 is 0. The number of hydrogen-bond acceptors (Lipinski definition) is 4. The highest BCUT2D eigenvalue weighted by Gasteiger charge is 2.24. The van der Waals surface area contributed by atoms with Crippen LogP contribution in [0.1, 0.15) is 32.0 Å². The van der Waals surface area contributed by atoms with Crippen molar-refractivity contribution in [2.45, 2.75) is 26.3 Å². The lowest BCUT2D eigenvalue weighted by molar-refractivity contribution is -0.119. The van der Waals surface area contributed by atoms with Gasteiger partial charge in [-0.25, -0.2) is 4.79 Å². The number of nitrogens with one attached hydrogen (secondary N) is 2. The molecule has 0 aliphatic carbocycles. The maximum Gasteiger partial charge on any atom is 0.405 e. The van der Waals surface area contributed by atoms with Crippen molar-refractivity contribution in [3.63, 3.8) is 0 Å². The molecular weight excluding hydrogens is 346 g/mol. The molecule has 2 aromatic rings. The number of carbonyl (C=O) groups excluding carboxylic acids is 1. The molecule has 27 heavy (non-hydrogen) atoms. The van der Waals surface area contributed by atoms with Crippen LogP contribution < -0.4 is 10.6 Å². The molecule has 8 nitrogen and oxygen atoms in total. The van der Waals surface area contributed by atoms with E-state index in [4.69, 9.17) is 0 Å². The molecule has 1 aliphatic rings. The molecule has 3 heterocycles. The Kier molecular flexibility index (Phi) is 5.25. The van der Waals surface area contributed by atoms with Crippen LogP contribution in [-0.2, 0) is 11.8 Å². The highest BCUT2D eigenvalue weighted by Crippen LogP contribution is 2.31. The molecule has 2 atom stereocenters. The maximum absolute atomic E-state index is 12.8. The van der Waals surface area contributed by atoms with Crippen LogP contribution >= 0.6 is 0 Å². The van der Waals surface area contributed by atoms with E-state index < -0.39 is 12.1 Å². The Morgan fingerprint density at radius 2 is 2.22 bits per heavy atom. The summed E-state index contributed by atoms with van der Waals surface area (Å²) in [6.45, 7) is 3.95. The van der Waals surface area contributed by atoms with Crippen molar-refractivity contribution in [1.29, 1.82) is 0 Å². The Labute approximate surface area is 157 Å². The van der Waals surface area contributed by atoms with Gasteiger partial charge in [0.2, 0.25) is 5.91 Å². The number of fused-ring (bicyclic) bond motifs is 4. The number of aryl methyl sites for hydroxylation is 1. The summed E-state index contributed by atoms with van der Waals surface area (Å²) in [5.41, 5.74) is 2.77. The average Bonchev–Trinajstić information content (AvgIpc) is 2.96. The predicted octanol–water partition coefficient (Wildman–Crippen LogP) is 2.96. The van der Waals surface area contributed by atoms with Gasteiger partial charge in [0.1, 0.15) is 0 Å². The quantitative estimate of drug-likeness (QED) is 0.705. The topological polar surface area (TPSA) is 109 Å². The van der Waals surface area contributed by atoms with E-state index in [2.05, 4.69) is 20.7 Å². The lowest BCUT2D eigenvalue weighted by Gasteiger charge is -2.20. The van der Waals surface area contributed by atoms with E-state index in [0.717, 1.165) is 11.3 Å². The van der Waals surface area contributed by atoms with E-state index in [1.807, 2.05) is 38.1 Å². The first-order valence-corrected chi connectivity index (χ1v) is 8.82. The number of rotatable bonds is 2. The summed E-state index contributed by atoms with van der Waals surface area (Å²) in [4.78, 5) is 28.4. The summed E-state index contributed by atoms with van der Waals surface area (Å²) in [5, 5.41) is 19.0. The highest BCUT2D eigenvalue weighted by molar-refractivity contribution is 5.97. The second kappa shape index (κ2) is 7.61. The van der Waals surface area contributed by atoms with Gasteiger partial charge in [0.05, 0.1) is 35.2 Å². The minimum atomic E-state index is -1.12. The molecule has 2 bridgehead atoms. The molecule has 2 amide bonds. The van der Waals surface area contributed by atoms with E-state index in [-0.39, 0.29) is 17.7 Å². The Balaban J connectivity index is 2.13. The maximum atomic E-state index is 12.8. The van der Waals surface area contributed by atoms with Crippen molar-refractivity contribution in [1.82, 2.24) is 20.1 Å². The number of carboxylic acid groups (broad SMARTS) is 1. The number of aromatic nitrogens is 3. The van der Waals surface area contributed by atoms with Gasteiger partial charge in [-0.1, -0.05) is 26.0 Å². The standard InChI is InChI=1S/C19H23N5O3/c1-11(2)13-5-4-6-14(23-19(26)27)15-9-12(7-8-20-15)17-16(22-18(13)25)10-21-24(17)3/h4-5,7-11,13-14,23H,6H2,1-3H3,(H,22,25)(H,26,27)/b5-4+/t13-,14-/m0/s1. The molecule has 0 saturated carbocycles. The molecule has 3 N–H and O–H groups in total. The zero-order chi connectivity index (χ0) is 19.6. The molecule has 0 radical (unpaired) electrons. The fourth-order valence-electron chi connectivity index (χ4n) is 3.25. The van der Waals surface area contributed by atoms with E-state index in [1.165, 1.54) is 0 Å². The lowest BCUT2D eigenvalue weighted by Crippen LogP contribution is -2.28. The smallest absolute Gasteiger partial charge is 0.405 e. The third-order valence-electron chi connectivity index (χ3n) is 4.64. The average molecular weight is 369 g/mol. The predicted molar refractivity (Wildman–Crippen MR) is 101 cm³/mol. The SMILES string of the molecule is CC(C)[C@@H]1/C=C/C[C@H](NC(=O)O)c2cc(ccn2)-c2c(cnn2C)NC1=O. The zero-order valence-electron chi connectivity index (χ0n) is 15.5. The first-order chi connectivity index (χ1) is 12.9. The van der Waals surface area contributed by atoms with Gasteiger partial charge in [-0.2, -0.15) is 5.10 Å². The normalized spacial score (nSPS) is 20.8. The molecule has 0 unspecified atom stereocenters. The Morgan fingerprint density at radius 1 is 1.44 bits per heavy atom. The molecule has 1 aliphatic heterocycles. The number of pyridine rings is 1. The van der Waals surface area contributed by atoms with E-state index in [9.17, 15) is 14.7 Å². The number of anilines is 1. The van der Waals surface area contributed by atoms with Crippen LogP contribution in [-0.4, -0.2) is 31.9 Å². The molecule has 142 valence electrons. The lowest BCUT2D eigenvalue weighted by atomic mass is 9.93. The summed E-state index contributed by atoms with van der Waals surface area (Å²) in [7, 11) is 1.80. The van der Waals surface area contributed by atoms with E-state index in [1.54, 1.807) is 24.1 Å². The van der Waals surface area contributed by atoms with Crippen LogP contribution in [0.25, 0.3) is 11.3 Å². The van der Waals surface area contributed by atoms with Gasteiger partial charge in [0.15, 0.2) is 0 Å². The van der Waals surface area contributed by atoms with Crippen LogP contribution in [0.4, 0.5) is 10.5 Å². The molecule has 0 aromatic carbocycles. The monoisotopic (exact) mass is 369 g/mol. The van der Waals surface area contributed by atoms with E-state index in [0.29, 0.717) is 17.8 Å². The van der Waals surface area contributed by atoms with E-state index >= 15 is 0 Å². The second-order valence-electron chi connectivity index (χ2n) is 6.92. The number of amides is 2. The second-order valence-corrected chi connectivity index (χ2v) is 6.92. The third-order valence-corrected chi connectivity index (χ3v) is 4.64. The van der Waals surface area contributed by atoms with Crippen LogP contribution in [0.3, 0.4) is 0 Å². The van der Waals surface area contributed by atoms with Gasteiger partial charge in [-0.3, -0.25) is 14.5 Å². The highest BCUT2D eigenvalue weighted by atomic mass is 16.4. The van der Waals surface area contributed by atoms with Crippen molar-refractivity contribution in [2.75, 3.05) is 5.32 Å². The largest absolute Gasteiger partial charge is 0.465 e. The first-order valence-electron chi connectivity index (χ1n) is 8.82. The first kappa shape index (κ1) is 18.6. The molecule has 8 heteroatoms. The third kappa shape index (κ3) is 3.99. The van der Waals surface area contributed by atoms with Gasteiger partial charge in [0, 0.05) is 18.8 Å². The number of carbonyl (C=O) groups is 2. The van der Waals surface area contributed by atoms with Crippen LogP contribution in [0.5, 0.6) is 0 Å². The molecule has 0 spiro atoms. The minimum Gasteiger partial charge on any atom is -0.465 e. The summed E-state index contributed by atoms with van der Waals surface area (Å²) in [6.07, 6.45) is 6.20. The van der Waals surface area contributed by atoms with Gasteiger partial charge in [-0.05, 0) is 24.5 Å². The molecule has 2 aromatic heterocycles. The molecule has 0 saturated heterocycles. The minimum absolute atomic E-state index is 0.0890. The van der Waals surface area contributed by atoms with Crippen LogP contribution in [0.2, 0.25) is 0 Å². The van der Waals surface area contributed by atoms with Gasteiger partial charge in [0.25, 0.3) is 0 Å². The molecule has 3 rings (SSSR count). The van der Waals surface area contributed by atoms with Crippen molar-refractivity contribution < 1.29 is 14.7 Å². The van der Waals surface area contributed by atoms with Crippen molar-refractivity contribution in [3.8, 4) is 11.3 Å². The van der Waals surface area contributed by atoms with Crippen molar-refractivity contribution in [2.24, 2.45) is 18.9 Å². The van der Waals surface area contributed by atoms with Crippen molar-refractivity contribution >= 4 is 17.7 Å². The number of hydrogen-bond donors (Lipinski definition) is 3. The summed E-state index contributed by atoms with van der Waals surface area (Å²) in [5.74, 6) is -0.367. The molecular formula is C19H23N5O3. The fourth-order valence-corrected chi connectivity index (χ4v) is 3.25. The Morgan fingerprint density at radius 3 is 2.93 bits per heavy atom. The Hall–Kier alpha value is -3.16. The fraction of sp³-hybridized carbons (Fsp3) is 0.368. The molecule has 0 fully saturated rings. The van der Waals surface area contributed by atoms with Gasteiger partial charge in [-0.15, -0.1) is 0 Å². The van der Waals surface area contributed by atoms with Crippen molar-refractivity contribution in [3.05, 3.63) is 42.4 Å². The van der Waals surface area contributed by atoms with Crippen LogP contribution in [0.15, 0.2) is 36.7 Å². The van der Waals surface area contributed by atoms with Gasteiger partial charge < -0.3 is 15.7 Å². The van der Waals surface area contributed by atoms with Gasteiger partial charge >= 0.3 is 6.09 Å². The zero-order valence-corrected chi connectivity index (χ0v) is 15.5. The number of nitrogens with zero attached hydrogens (tertiary/aromatic N) is 3.